The summed E-state index contributed by atoms with van der Waals surface area (Å²) in [4.78, 5) is 28.6. The number of ether oxygens (including phenoxy) is 1. The van der Waals surface area contributed by atoms with Crippen LogP contribution in [-0.2, 0) is 26.2 Å². The number of sulfonamides is 1. The Morgan fingerprint density at radius 2 is 1.79 bits per heavy atom. The van der Waals surface area contributed by atoms with E-state index in [1.807, 2.05) is 0 Å². The molecule has 1 aromatic carbocycles. The molecular formula is C39H47N3O5S. The molecule has 1 aromatic heterocycles. The maximum atomic E-state index is 14.9. The number of amides is 1. The second kappa shape index (κ2) is 10.7. The quantitative estimate of drug-likeness (QED) is 0.365. The fraction of sp³-hybridized carbons (Fsp3) is 0.590. The average Bonchev–Trinajstić information content (AvgIpc) is 3.54. The van der Waals surface area contributed by atoms with Gasteiger partial charge in [-0.25, -0.2) is 13.1 Å². The number of methoxy groups -OCH3 is 1. The molecule has 0 radical (unpaired) electrons. The zero-order valence-electron chi connectivity index (χ0n) is 28.4. The third kappa shape index (κ3) is 4.25. The molecule has 9 rings (SSSR count). The van der Waals surface area contributed by atoms with E-state index >= 15 is 0 Å². The number of carbonyl (C=O) groups excluding carboxylic acids is 2. The predicted molar refractivity (Wildman–Crippen MR) is 185 cm³/mol. The summed E-state index contributed by atoms with van der Waals surface area (Å²) in [6, 6.07) is 6.61. The molecule has 1 amide bonds. The Labute approximate surface area is 283 Å². The number of hydrogen-bond donors (Lipinski definition) is 2. The largest absolute Gasteiger partial charge is 0.496 e. The van der Waals surface area contributed by atoms with Crippen molar-refractivity contribution in [2.45, 2.75) is 102 Å². The SMILES string of the molecule is COc1ccc(C2CCCCC2)c2c1cc1n2CC2=C(C(=O)NS(=O)(=O)C(C)C)C2=C2C=CC[C@@H](C(=O)C3CC45CCC4(CNC5)C3)[C@@H]21. The number of ketones is 1. The summed E-state index contributed by atoms with van der Waals surface area (Å²) < 4.78 is 36.3. The second-order valence-corrected chi connectivity index (χ2v) is 18.4. The first kappa shape index (κ1) is 30.9. The molecule has 2 unspecified atom stereocenters. The Hall–Kier alpha value is -3.17. The van der Waals surface area contributed by atoms with Crippen LogP contribution in [-0.4, -0.2) is 50.1 Å². The standard InChI is InChI=1S/C39H47N3O5S/c1-22(2)48(45,46)41-37(44)34-29-19-42-30(16-28-31(47-3)13-12-25(35(28)42)23-8-5-4-6-9-23)32-26(33(29)34)10-7-11-27(32)36(43)24-17-38-14-15-39(38,18-24)21-40-20-38/h7,10,12-13,16,22-24,27,32,40H,4-6,8-9,11,14-15,17-21H2,1-3H3,(H,41,44)/t24?,27-,32-,38?,39?/m1/s1. The maximum Gasteiger partial charge on any atom is 0.265 e. The Morgan fingerprint density at radius 3 is 2.46 bits per heavy atom. The Balaban J connectivity index is 1.19. The van der Waals surface area contributed by atoms with E-state index in [9.17, 15) is 18.0 Å². The summed E-state index contributed by atoms with van der Waals surface area (Å²) in [7, 11) is -2.08. The van der Waals surface area contributed by atoms with Gasteiger partial charge >= 0.3 is 0 Å². The zero-order valence-corrected chi connectivity index (χ0v) is 29.2. The summed E-state index contributed by atoms with van der Waals surface area (Å²) in [5, 5.41) is 3.99. The van der Waals surface area contributed by atoms with Crippen molar-refractivity contribution >= 4 is 32.6 Å². The van der Waals surface area contributed by atoms with Crippen molar-refractivity contribution in [1.82, 2.24) is 14.6 Å². The van der Waals surface area contributed by atoms with Crippen LogP contribution in [0.15, 0.2) is 52.6 Å². The van der Waals surface area contributed by atoms with Gasteiger partial charge in [0.05, 0.1) is 23.4 Å². The molecule has 0 bridgehead atoms. The summed E-state index contributed by atoms with van der Waals surface area (Å²) in [5.41, 5.74) is 7.33. The number of aromatic nitrogens is 1. The molecule has 0 spiro atoms. The Bertz CT molecular complexity index is 1960. The van der Waals surface area contributed by atoms with Crippen LogP contribution < -0.4 is 14.8 Å². The van der Waals surface area contributed by atoms with Crippen molar-refractivity contribution in [3.8, 4) is 5.75 Å². The predicted octanol–water partition coefficient (Wildman–Crippen LogP) is 6.18. The fourth-order valence-electron chi connectivity index (χ4n) is 11.1. The lowest BCUT2D eigenvalue weighted by Gasteiger charge is -2.50. The number of nitrogens with one attached hydrogen (secondary N) is 2. The molecule has 5 aliphatic carbocycles. The van der Waals surface area contributed by atoms with Crippen LogP contribution in [0.5, 0.6) is 5.75 Å². The highest BCUT2D eigenvalue weighted by molar-refractivity contribution is 7.90. The molecule has 4 atom stereocenters. The number of allylic oxidation sites excluding steroid dienone is 4. The van der Waals surface area contributed by atoms with Gasteiger partial charge in [0.25, 0.3) is 5.91 Å². The van der Waals surface area contributed by atoms with Crippen molar-refractivity contribution in [1.29, 1.82) is 0 Å². The fourth-order valence-corrected chi connectivity index (χ4v) is 11.7. The molecule has 48 heavy (non-hydrogen) atoms. The van der Waals surface area contributed by atoms with E-state index in [1.54, 1.807) is 21.0 Å². The highest BCUT2D eigenvalue weighted by Gasteiger charge is 2.67. The molecule has 2 aromatic rings. The molecule has 3 heterocycles. The van der Waals surface area contributed by atoms with Gasteiger partial charge in [0.2, 0.25) is 10.0 Å². The van der Waals surface area contributed by atoms with Gasteiger partial charge in [-0.3, -0.25) is 9.59 Å². The average molecular weight is 670 g/mol. The van der Waals surface area contributed by atoms with Crippen molar-refractivity contribution in [3.63, 3.8) is 0 Å². The number of Topliss-reactive ketones (excluding diaryl/α,β-unsaturated/α-hetero) is 1. The lowest BCUT2D eigenvalue weighted by molar-refractivity contribution is -0.127. The minimum Gasteiger partial charge on any atom is -0.496 e. The minimum atomic E-state index is -3.80. The topological polar surface area (TPSA) is 106 Å². The van der Waals surface area contributed by atoms with Gasteiger partial charge in [-0.2, -0.15) is 0 Å². The lowest BCUT2D eigenvalue weighted by atomic mass is 9.53. The van der Waals surface area contributed by atoms with Crippen molar-refractivity contribution in [3.05, 3.63) is 63.9 Å². The third-order valence-corrected chi connectivity index (χ3v) is 15.5. The van der Waals surface area contributed by atoms with Crippen molar-refractivity contribution in [2.24, 2.45) is 22.7 Å². The maximum absolute atomic E-state index is 14.9. The van der Waals surface area contributed by atoms with E-state index < -0.39 is 21.2 Å². The smallest absolute Gasteiger partial charge is 0.265 e. The number of benzene rings is 1. The van der Waals surface area contributed by atoms with Gasteiger partial charge in [-0.15, -0.1) is 0 Å². The van der Waals surface area contributed by atoms with Crippen LogP contribution in [0.4, 0.5) is 0 Å². The number of hydrogen-bond acceptors (Lipinski definition) is 6. The number of fused-ring (bicyclic) bond motifs is 6. The van der Waals surface area contributed by atoms with Crippen molar-refractivity contribution < 1.29 is 22.7 Å². The molecule has 4 fully saturated rings. The molecule has 254 valence electrons. The Kier molecular flexibility index (Phi) is 6.86. The number of carbonyl (C=O) groups is 2. The van der Waals surface area contributed by atoms with E-state index in [0.717, 1.165) is 77.8 Å². The molecule has 7 aliphatic rings. The molecule has 1 saturated heterocycles. The highest BCUT2D eigenvalue weighted by atomic mass is 32.2. The lowest BCUT2D eigenvalue weighted by Crippen LogP contribution is -2.45. The van der Waals surface area contributed by atoms with Gasteiger partial charge in [0.15, 0.2) is 0 Å². The zero-order chi connectivity index (χ0) is 33.2. The molecule has 9 heteroatoms. The summed E-state index contributed by atoms with van der Waals surface area (Å²) >= 11 is 0. The third-order valence-electron chi connectivity index (χ3n) is 13.7. The van der Waals surface area contributed by atoms with E-state index in [-0.39, 0.29) is 28.6 Å². The normalized spacial score (nSPS) is 32.3. The molecule has 2 N–H and O–H groups in total. The van der Waals surface area contributed by atoms with Gasteiger partial charge in [0.1, 0.15) is 11.5 Å². The van der Waals surface area contributed by atoms with Gasteiger partial charge < -0.3 is 14.6 Å². The van der Waals surface area contributed by atoms with Crippen molar-refractivity contribution in [2.75, 3.05) is 20.2 Å². The summed E-state index contributed by atoms with van der Waals surface area (Å²) in [6.07, 6.45) is 15.3. The molecular weight excluding hydrogens is 623 g/mol. The van der Waals surface area contributed by atoms with E-state index in [4.69, 9.17) is 4.74 Å². The van der Waals surface area contributed by atoms with E-state index in [0.29, 0.717) is 30.2 Å². The van der Waals surface area contributed by atoms with Crippen LogP contribution in [0.2, 0.25) is 0 Å². The van der Waals surface area contributed by atoms with E-state index in [2.05, 4.69) is 45.0 Å². The minimum absolute atomic E-state index is 0.0522. The van der Waals surface area contributed by atoms with Crippen LogP contribution in [0.3, 0.4) is 0 Å². The summed E-state index contributed by atoms with van der Waals surface area (Å²) in [6.45, 7) is 5.69. The van der Waals surface area contributed by atoms with Crippen LogP contribution >= 0.6 is 0 Å². The molecule has 3 saturated carbocycles. The highest BCUT2D eigenvalue weighted by Crippen LogP contribution is 2.70. The molecule has 2 aliphatic heterocycles. The monoisotopic (exact) mass is 669 g/mol. The van der Waals surface area contributed by atoms with E-state index in [1.165, 1.54) is 37.7 Å². The van der Waals surface area contributed by atoms with Crippen LogP contribution in [0.1, 0.15) is 101 Å². The van der Waals surface area contributed by atoms with Gasteiger partial charge in [0, 0.05) is 48.5 Å². The van der Waals surface area contributed by atoms with Crippen LogP contribution in [0, 0.1) is 22.7 Å². The number of rotatable bonds is 7. The van der Waals surface area contributed by atoms with Crippen LogP contribution in [0.25, 0.3) is 10.9 Å². The summed E-state index contributed by atoms with van der Waals surface area (Å²) in [5.74, 6) is 0.668. The first-order valence-electron chi connectivity index (χ1n) is 18.2. The first-order chi connectivity index (χ1) is 23.1. The van der Waals surface area contributed by atoms with Gasteiger partial charge in [-0.1, -0.05) is 37.5 Å². The van der Waals surface area contributed by atoms with Gasteiger partial charge in [-0.05, 0) is 110 Å². The molecule has 8 nitrogen and oxygen atoms in total. The first-order valence-corrected chi connectivity index (χ1v) is 19.8. The second-order valence-electron chi connectivity index (χ2n) is 16.2. The number of nitrogens with zero attached hydrogens (tertiary/aromatic N) is 1. The Morgan fingerprint density at radius 1 is 1.06 bits per heavy atom.